The van der Waals surface area contributed by atoms with E-state index < -0.39 is 18.5 Å². The number of nitrogens with zero attached hydrogens (tertiary/aromatic N) is 1. The van der Waals surface area contributed by atoms with Crippen LogP contribution in [-0.2, 0) is 4.79 Å². The predicted molar refractivity (Wildman–Crippen MR) is 74.2 cm³/mol. The zero-order valence-corrected chi connectivity index (χ0v) is 11.0. The zero-order chi connectivity index (χ0) is 15.2. The number of aliphatic carboxylic acids is 1. The molecule has 0 bridgehead atoms. The van der Waals surface area contributed by atoms with Gasteiger partial charge < -0.3 is 25.5 Å². The summed E-state index contributed by atoms with van der Waals surface area (Å²) in [4.78, 5) is 10.6. The van der Waals surface area contributed by atoms with Crippen LogP contribution in [0.5, 0.6) is 11.5 Å². The third kappa shape index (κ3) is 3.53. The number of benzene rings is 2. The third-order valence-electron chi connectivity index (χ3n) is 2.69. The molecule has 0 unspecified atom stereocenters. The average molecular weight is 289 g/mol. The van der Waals surface area contributed by atoms with E-state index in [2.05, 4.69) is 5.10 Å². The van der Waals surface area contributed by atoms with Crippen LogP contribution in [-0.4, -0.2) is 30.2 Å². The van der Waals surface area contributed by atoms with Crippen molar-refractivity contribution in [3.8, 4) is 11.5 Å². The van der Waals surface area contributed by atoms with Crippen molar-refractivity contribution >= 4 is 22.6 Å². The number of hydrogen-bond acceptors (Lipinski definition) is 6. The molecule has 0 aromatic heterocycles. The zero-order valence-electron chi connectivity index (χ0n) is 11.0. The lowest BCUT2D eigenvalue weighted by atomic mass is 10.1. The molecule has 110 valence electrons. The van der Waals surface area contributed by atoms with E-state index in [9.17, 15) is 9.90 Å². The fraction of sp³-hybridized carbons (Fsp3) is 0.143. The fourth-order valence-corrected chi connectivity index (χ4v) is 1.82. The molecule has 0 aliphatic rings. The van der Waals surface area contributed by atoms with Crippen molar-refractivity contribution in [2.75, 3.05) is 13.2 Å². The first-order valence-corrected chi connectivity index (χ1v) is 6.04. The molecule has 2 aromatic carbocycles. The summed E-state index contributed by atoms with van der Waals surface area (Å²) in [7, 11) is 0. The SMILES string of the molecule is NN=C([O-])COc1cccc2c(OCC(=O)O)cccc12. The molecule has 0 aliphatic carbocycles. The number of carbonyl (C=O) groups is 1. The van der Waals surface area contributed by atoms with Gasteiger partial charge >= 0.3 is 5.97 Å². The van der Waals surface area contributed by atoms with E-state index in [0.29, 0.717) is 22.3 Å². The van der Waals surface area contributed by atoms with Gasteiger partial charge in [0, 0.05) is 16.7 Å². The third-order valence-corrected chi connectivity index (χ3v) is 2.69. The van der Waals surface area contributed by atoms with Gasteiger partial charge in [0.25, 0.3) is 0 Å². The van der Waals surface area contributed by atoms with Gasteiger partial charge in [-0.3, -0.25) is 0 Å². The minimum absolute atomic E-state index is 0.268. The van der Waals surface area contributed by atoms with E-state index in [1.807, 2.05) is 0 Å². The van der Waals surface area contributed by atoms with Crippen molar-refractivity contribution < 1.29 is 24.5 Å². The molecule has 0 aliphatic heterocycles. The first-order valence-electron chi connectivity index (χ1n) is 6.04. The van der Waals surface area contributed by atoms with Crippen molar-refractivity contribution in [2.24, 2.45) is 10.9 Å². The van der Waals surface area contributed by atoms with E-state index >= 15 is 0 Å². The lowest BCUT2D eigenvalue weighted by molar-refractivity contribution is -0.221. The molecule has 0 amide bonds. The molecule has 0 fully saturated rings. The Hall–Kier alpha value is -2.96. The van der Waals surface area contributed by atoms with Crippen molar-refractivity contribution in [3.05, 3.63) is 36.4 Å². The molecule has 7 nitrogen and oxygen atoms in total. The second kappa shape index (κ2) is 6.47. The minimum Gasteiger partial charge on any atom is -0.858 e. The van der Waals surface area contributed by atoms with Crippen molar-refractivity contribution in [1.29, 1.82) is 0 Å². The second-order valence-corrected chi connectivity index (χ2v) is 4.10. The highest BCUT2D eigenvalue weighted by molar-refractivity contribution is 5.93. The number of carboxylic acids is 1. The van der Waals surface area contributed by atoms with Crippen molar-refractivity contribution in [1.82, 2.24) is 0 Å². The molecule has 7 heteroatoms. The Bertz CT molecular complexity index is 684. The van der Waals surface area contributed by atoms with Gasteiger partial charge in [-0.05, 0) is 12.1 Å². The first-order chi connectivity index (χ1) is 10.1. The summed E-state index contributed by atoms with van der Waals surface area (Å²) in [6, 6.07) is 10.3. The maximum atomic E-state index is 11.1. The highest BCUT2D eigenvalue weighted by atomic mass is 16.5. The van der Waals surface area contributed by atoms with Crippen LogP contribution in [0.4, 0.5) is 0 Å². The summed E-state index contributed by atoms with van der Waals surface area (Å²) in [5, 5.41) is 24.1. The standard InChI is InChI=1S/C14H14N2O5/c15-16-13(17)7-20-11-5-1-4-10-9(11)3-2-6-12(10)21-8-14(18)19/h1-6H,7-8,15H2,(H,16,17)(H,18,19)/p-1. The maximum Gasteiger partial charge on any atom is 0.341 e. The van der Waals surface area contributed by atoms with Gasteiger partial charge in [0.1, 0.15) is 18.1 Å². The number of hydrogen-bond donors (Lipinski definition) is 2. The van der Waals surface area contributed by atoms with Crippen LogP contribution >= 0.6 is 0 Å². The highest BCUT2D eigenvalue weighted by Crippen LogP contribution is 2.32. The van der Waals surface area contributed by atoms with Crippen molar-refractivity contribution in [2.45, 2.75) is 0 Å². The Balaban J connectivity index is 2.32. The normalized spacial score (nSPS) is 11.3. The molecule has 21 heavy (non-hydrogen) atoms. The molecule has 0 saturated carbocycles. The van der Waals surface area contributed by atoms with E-state index in [1.54, 1.807) is 36.4 Å². The van der Waals surface area contributed by atoms with Gasteiger partial charge in [-0.1, -0.05) is 24.3 Å². The van der Waals surface area contributed by atoms with Crippen LogP contribution in [0.25, 0.3) is 10.8 Å². The lowest BCUT2D eigenvalue weighted by Gasteiger charge is -2.14. The fourth-order valence-electron chi connectivity index (χ4n) is 1.82. The van der Waals surface area contributed by atoms with E-state index in [0.717, 1.165) is 0 Å². The van der Waals surface area contributed by atoms with Crippen LogP contribution in [0.15, 0.2) is 41.5 Å². The van der Waals surface area contributed by atoms with E-state index in [1.165, 1.54) is 0 Å². The number of fused-ring (bicyclic) bond motifs is 1. The average Bonchev–Trinajstić information content (AvgIpc) is 2.50. The largest absolute Gasteiger partial charge is 0.858 e. The summed E-state index contributed by atoms with van der Waals surface area (Å²) in [6.45, 7) is -0.704. The lowest BCUT2D eigenvalue weighted by Crippen LogP contribution is -2.26. The van der Waals surface area contributed by atoms with Gasteiger partial charge in [-0.2, -0.15) is 0 Å². The number of rotatable bonds is 6. The van der Waals surface area contributed by atoms with Gasteiger partial charge in [0.05, 0.1) is 0 Å². The van der Waals surface area contributed by atoms with Gasteiger partial charge in [0.15, 0.2) is 6.61 Å². The Morgan fingerprint density at radius 1 is 1.10 bits per heavy atom. The van der Waals surface area contributed by atoms with Gasteiger partial charge in [-0.15, -0.1) is 0 Å². The number of nitrogens with two attached hydrogens (primary N) is 1. The Morgan fingerprint density at radius 2 is 1.62 bits per heavy atom. The molecular weight excluding hydrogens is 276 g/mol. The smallest absolute Gasteiger partial charge is 0.341 e. The molecule has 0 atom stereocenters. The van der Waals surface area contributed by atoms with Crippen LogP contribution in [0.3, 0.4) is 0 Å². The Morgan fingerprint density at radius 3 is 2.10 bits per heavy atom. The number of carboxylic acid groups (broad SMARTS) is 1. The van der Waals surface area contributed by atoms with Crippen LogP contribution in [0.1, 0.15) is 0 Å². The van der Waals surface area contributed by atoms with Crippen LogP contribution < -0.4 is 20.4 Å². The molecule has 0 saturated heterocycles. The summed E-state index contributed by atoms with van der Waals surface area (Å²) < 4.78 is 10.6. The second-order valence-electron chi connectivity index (χ2n) is 4.10. The molecule has 2 aromatic rings. The first kappa shape index (κ1) is 14.4. The predicted octanol–water partition coefficient (Wildman–Crippen LogP) is 0.314. The molecule has 2 rings (SSSR count). The molecular formula is C14H13N2O5-. The number of hydrazone groups is 1. The molecule has 3 N–H and O–H groups in total. The van der Waals surface area contributed by atoms with Crippen LogP contribution in [0, 0.1) is 0 Å². The Kier molecular flexibility index (Phi) is 4.45. The number of ether oxygens (including phenoxy) is 2. The van der Waals surface area contributed by atoms with Crippen LogP contribution in [0.2, 0.25) is 0 Å². The minimum atomic E-state index is -1.06. The monoisotopic (exact) mass is 289 g/mol. The molecule has 0 spiro atoms. The molecule has 0 radical (unpaired) electrons. The van der Waals surface area contributed by atoms with Gasteiger partial charge in [0.2, 0.25) is 0 Å². The Labute approximate surface area is 120 Å². The summed E-state index contributed by atoms with van der Waals surface area (Å²) in [6.07, 6.45) is 0. The van der Waals surface area contributed by atoms with Crippen molar-refractivity contribution in [3.63, 3.8) is 0 Å². The quantitative estimate of drug-likeness (QED) is 0.342. The molecule has 0 heterocycles. The maximum absolute atomic E-state index is 11.1. The van der Waals surface area contributed by atoms with Gasteiger partial charge in [-0.25, -0.2) is 9.90 Å². The van der Waals surface area contributed by atoms with E-state index in [-0.39, 0.29) is 6.61 Å². The summed E-state index contributed by atoms with van der Waals surface area (Å²) in [5.41, 5.74) is 0. The summed E-state index contributed by atoms with van der Waals surface area (Å²) in [5.74, 6) is 4.11. The highest BCUT2D eigenvalue weighted by Gasteiger charge is 2.08. The topological polar surface area (TPSA) is 117 Å². The van der Waals surface area contributed by atoms with E-state index in [4.69, 9.17) is 20.4 Å². The summed E-state index contributed by atoms with van der Waals surface area (Å²) >= 11 is 0.